The van der Waals surface area contributed by atoms with Crippen molar-refractivity contribution in [2.24, 2.45) is 16.7 Å². The number of allylic oxidation sites excluding steroid dienone is 1. The highest BCUT2D eigenvalue weighted by molar-refractivity contribution is 6.15. The summed E-state index contributed by atoms with van der Waals surface area (Å²) in [5.74, 6) is -5.24. The van der Waals surface area contributed by atoms with Crippen molar-refractivity contribution in [2.75, 3.05) is 31.3 Å². The number of carbonyl (C=O) groups excluding carboxylic acids is 5. The van der Waals surface area contributed by atoms with Gasteiger partial charge in [-0.2, -0.15) is 0 Å². The molecule has 1 atom stereocenters. The molecule has 1 aliphatic carbocycles. The van der Waals surface area contributed by atoms with Crippen LogP contribution < -0.4 is 4.90 Å². The van der Waals surface area contributed by atoms with E-state index in [9.17, 15) is 24.0 Å². The van der Waals surface area contributed by atoms with Crippen LogP contribution in [0, 0.1) is 16.7 Å². The number of hydrogen-bond acceptors (Lipinski definition) is 9. The number of nitrogens with zero attached hydrogens (tertiary/aromatic N) is 1. The van der Waals surface area contributed by atoms with Crippen molar-refractivity contribution >= 4 is 35.5 Å². The van der Waals surface area contributed by atoms with E-state index in [2.05, 4.69) is 0 Å². The zero-order chi connectivity index (χ0) is 27.2. The molecule has 1 fully saturated rings. The summed E-state index contributed by atoms with van der Waals surface area (Å²) in [6, 6.07) is 8.88. The van der Waals surface area contributed by atoms with Gasteiger partial charge in [0.15, 0.2) is 10.8 Å². The van der Waals surface area contributed by atoms with E-state index in [1.54, 1.807) is 58.2 Å². The Kier molecular flexibility index (Phi) is 8.73. The van der Waals surface area contributed by atoms with Crippen LogP contribution in [0.3, 0.4) is 0 Å². The largest absolute Gasteiger partial charge is 0.465 e. The molecule has 200 valence electrons. The van der Waals surface area contributed by atoms with Crippen LogP contribution in [0.4, 0.5) is 5.69 Å². The molecule has 0 spiro atoms. The molecule has 10 heteroatoms. The van der Waals surface area contributed by atoms with Crippen LogP contribution in [-0.2, 0) is 42.9 Å². The lowest BCUT2D eigenvalue weighted by Gasteiger charge is -2.50. The second-order valence-corrected chi connectivity index (χ2v) is 8.78. The average molecular weight is 516 g/mol. The Hall–Kier alpha value is -3.69. The number of fused-ring (bicyclic) bond motifs is 1. The van der Waals surface area contributed by atoms with E-state index >= 15 is 0 Å². The van der Waals surface area contributed by atoms with E-state index in [4.69, 9.17) is 18.9 Å². The molecule has 0 saturated heterocycles. The smallest absolute Gasteiger partial charge is 0.325 e. The van der Waals surface area contributed by atoms with Crippen molar-refractivity contribution in [3.05, 3.63) is 42.1 Å². The number of benzene rings is 1. The maximum atomic E-state index is 13.7. The van der Waals surface area contributed by atoms with Crippen molar-refractivity contribution in [3.63, 3.8) is 0 Å². The molecule has 0 radical (unpaired) electrons. The molecule has 0 N–H and O–H groups in total. The van der Waals surface area contributed by atoms with Gasteiger partial charge in [0, 0.05) is 18.3 Å². The molecule has 1 aromatic rings. The maximum absolute atomic E-state index is 13.7. The lowest BCUT2D eigenvalue weighted by Crippen LogP contribution is -2.66. The molecular formula is C27H33NO9. The third kappa shape index (κ3) is 4.72. The van der Waals surface area contributed by atoms with Crippen LogP contribution >= 0.6 is 0 Å². The van der Waals surface area contributed by atoms with Crippen LogP contribution in [0.5, 0.6) is 0 Å². The molecule has 37 heavy (non-hydrogen) atoms. The Balaban J connectivity index is 2.30. The molecule has 1 aromatic carbocycles. The summed E-state index contributed by atoms with van der Waals surface area (Å²) in [5, 5.41) is 0. The molecule has 1 saturated carbocycles. The second kappa shape index (κ2) is 11.6. The van der Waals surface area contributed by atoms with Gasteiger partial charge in [0.05, 0.1) is 26.4 Å². The zero-order valence-corrected chi connectivity index (χ0v) is 21.6. The van der Waals surface area contributed by atoms with Crippen molar-refractivity contribution in [2.45, 2.75) is 47.0 Å². The van der Waals surface area contributed by atoms with Crippen molar-refractivity contribution in [1.29, 1.82) is 0 Å². The normalized spacial score (nSPS) is 19.7. The predicted molar refractivity (Wildman–Crippen MR) is 131 cm³/mol. The lowest BCUT2D eigenvalue weighted by molar-refractivity contribution is -0.208. The Bertz CT molecular complexity index is 1040. The van der Waals surface area contributed by atoms with E-state index in [0.29, 0.717) is 11.3 Å². The highest BCUT2D eigenvalue weighted by Crippen LogP contribution is 2.59. The van der Waals surface area contributed by atoms with E-state index in [1.165, 1.54) is 4.90 Å². The number of amides is 1. The molecule has 2 aliphatic rings. The molecule has 1 heterocycles. The molecule has 1 amide bonds. The first-order valence-electron chi connectivity index (χ1n) is 12.5. The zero-order valence-electron chi connectivity index (χ0n) is 21.6. The van der Waals surface area contributed by atoms with Crippen LogP contribution in [0.1, 0.15) is 47.0 Å². The monoisotopic (exact) mass is 515 g/mol. The summed E-state index contributed by atoms with van der Waals surface area (Å²) in [4.78, 5) is 69.3. The third-order valence-corrected chi connectivity index (χ3v) is 6.79. The van der Waals surface area contributed by atoms with Gasteiger partial charge in [0.1, 0.15) is 0 Å². The van der Waals surface area contributed by atoms with Gasteiger partial charge in [0.2, 0.25) is 5.91 Å². The maximum Gasteiger partial charge on any atom is 0.325 e. The fourth-order valence-corrected chi connectivity index (χ4v) is 5.18. The number of anilines is 1. The summed E-state index contributed by atoms with van der Waals surface area (Å²) < 4.78 is 21.2. The molecule has 10 nitrogen and oxygen atoms in total. The summed E-state index contributed by atoms with van der Waals surface area (Å²) >= 11 is 0. The molecule has 1 aliphatic heterocycles. The summed E-state index contributed by atoms with van der Waals surface area (Å²) in [5.41, 5.74) is -3.69. The van der Waals surface area contributed by atoms with E-state index in [1.807, 2.05) is 6.07 Å². The predicted octanol–water partition coefficient (Wildman–Crippen LogP) is 2.94. The number of carbonyl (C=O) groups is 5. The average Bonchev–Trinajstić information content (AvgIpc) is 2.88. The van der Waals surface area contributed by atoms with Gasteiger partial charge >= 0.3 is 23.9 Å². The summed E-state index contributed by atoms with van der Waals surface area (Å²) in [6.45, 7) is 5.73. The minimum atomic E-state index is -2.41. The van der Waals surface area contributed by atoms with Crippen LogP contribution in [0.15, 0.2) is 42.1 Å². The minimum Gasteiger partial charge on any atom is -0.465 e. The molecule has 0 aromatic heterocycles. The van der Waals surface area contributed by atoms with Crippen LogP contribution in [0.25, 0.3) is 0 Å². The number of rotatable bonds is 9. The summed E-state index contributed by atoms with van der Waals surface area (Å²) in [6.07, 6.45) is 0.772. The molecule has 0 bridgehead atoms. The van der Waals surface area contributed by atoms with Gasteiger partial charge in [-0.1, -0.05) is 18.2 Å². The van der Waals surface area contributed by atoms with E-state index < -0.39 is 40.6 Å². The van der Waals surface area contributed by atoms with Gasteiger partial charge in [-0.15, -0.1) is 0 Å². The Morgan fingerprint density at radius 1 is 0.784 bits per heavy atom. The first-order chi connectivity index (χ1) is 17.7. The van der Waals surface area contributed by atoms with Crippen molar-refractivity contribution in [3.8, 4) is 0 Å². The standard InChI is InChI=1S/C27H33NO9/c1-5-34-22(30)26(23(31)35-6-2)15-18-14-21(29)28(20-12-10-9-11-13-20)17-19(18)16-27(26,24(32)36-7-3)25(33)37-8-4/h9-13,17-18H,5-8,14-16H2,1-4H3. The highest BCUT2D eigenvalue weighted by Gasteiger charge is 2.76. The molecular weight excluding hydrogens is 482 g/mol. The van der Waals surface area contributed by atoms with Gasteiger partial charge in [-0.25, -0.2) is 0 Å². The van der Waals surface area contributed by atoms with E-state index in [0.717, 1.165) is 0 Å². The molecule has 1 unspecified atom stereocenters. The fraction of sp³-hybridized carbons (Fsp3) is 0.519. The Morgan fingerprint density at radius 2 is 1.24 bits per heavy atom. The lowest BCUT2D eigenvalue weighted by atomic mass is 9.51. The third-order valence-electron chi connectivity index (χ3n) is 6.79. The minimum absolute atomic E-state index is 0.0526. The van der Waals surface area contributed by atoms with E-state index in [-0.39, 0.29) is 51.6 Å². The first-order valence-corrected chi connectivity index (χ1v) is 12.5. The highest BCUT2D eigenvalue weighted by atomic mass is 16.6. The van der Waals surface area contributed by atoms with Gasteiger partial charge in [-0.05, 0) is 64.2 Å². The van der Waals surface area contributed by atoms with Crippen LogP contribution in [-0.4, -0.2) is 56.2 Å². The van der Waals surface area contributed by atoms with Crippen LogP contribution in [0.2, 0.25) is 0 Å². The Labute approximate surface area is 215 Å². The second-order valence-electron chi connectivity index (χ2n) is 8.78. The molecule has 3 rings (SSSR count). The van der Waals surface area contributed by atoms with Crippen molar-refractivity contribution < 1.29 is 42.9 Å². The number of hydrogen-bond donors (Lipinski definition) is 0. The fourth-order valence-electron chi connectivity index (χ4n) is 5.18. The SMILES string of the molecule is CCOC(=O)C1(C(=O)OCC)CC2=CN(c3ccccc3)C(=O)CC2CC1(C(=O)OCC)C(=O)OCC. The van der Waals surface area contributed by atoms with Gasteiger partial charge in [-0.3, -0.25) is 28.9 Å². The Morgan fingerprint density at radius 3 is 1.70 bits per heavy atom. The van der Waals surface area contributed by atoms with Gasteiger partial charge in [0.25, 0.3) is 0 Å². The number of para-hydroxylation sites is 1. The quantitative estimate of drug-likeness (QED) is 0.277. The summed E-state index contributed by atoms with van der Waals surface area (Å²) in [7, 11) is 0. The van der Waals surface area contributed by atoms with Crippen molar-refractivity contribution in [1.82, 2.24) is 0 Å². The topological polar surface area (TPSA) is 126 Å². The number of ether oxygens (including phenoxy) is 4. The first kappa shape index (κ1) is 27.9. The number of esters is 4. The van der Waals surface area contributed by atoms with Gasteiger partial charge < -0.3 is 18.9 Å².